The Balaban J connectivity index is 2.23. The average Bonchev–Trinajstić information content (AvgIpc) is 3.19. The lowest BCUT2D eigenvalue weighted by molar-refractivity contribution is -0.119. The molecule has 0 radical (unpaired) electrons. The first kappa shape index (κ1) is 15.5. The van der Waals surface area contributed by atoms with Gasteiger partial charge in [-0.05, 0) is 38.0 Å². The number of esters is 1. The number of rotatable bonds is 5. The quantitative estimate of drug-likeness (QED) is 0.671. The molecule has 0 heterocycles. The summed E-state index contributed by atoms with van der Waals surface area (Å²) in [5, 5.41) is 0. The molecule has 7 heteroatoms. The standard InChI is InChI=1S/C14H17F3N2O2/c1-2-21-13(20)9-3-6-12(11(18)7-9)19(10-4-5-10)8-14(15,16)17/h3,6-7,10H,2,4-5,8,18H2,1H3. The second-order valence-electron chi connectivity index (χ2n) is 4.97. The van der Waals surface area contributed by atoms with E-state index in [-0.39, 0.29) is 23.9 Å². The first-order valence-corrected chi connectivity index (χ1v) is 6.72. The van der Waals surface area contributed by atoms with Crippen molar-refractivity contribution in [2.75, 3.05) is 23.8 Å². The summed E-state index contributed by atoms with van der Waals surface area (Å²) in [6.45, 7) is 0.858. The van der Waals surface area contributed by atoms with E-state index in [4.69, 9.17) is 10.5 Å². The van der Waals surface area contributed by atoms with Crippen molar-refractivity contribution in [3.63, 3.8) is 0 Å². The van der Waals surface area contributed by atoms with E-state index in [1.165, 1.54) is 23.1 Å². The highest BCUT2D eigenvalue weighted by Gasteiger charge is 2.38. The van der Waals surface area contributed by atoms with Crippen molar-refractivity contribution in [3.8, 4) is 0 Å². The maximum Gasteiger partial charge on any atom is 0.405 e. The zero-order valence-corrected chi connectivity index (χ0v) is 11.6. The third-order valence-corrected chi connectivity index (χ3v) is 3.19. The minimum Gasteiger partial charge on any atom is -0.462 e. The van der Waals surface area contributed by atoms with Gasteiger partial charge in [0.1, 0.15) is 6.54 Å². The predicted octanol–water partition coefficient (Wildman–Crippen LogP) is 2.98. The minimum atomic E-state index is -4.30. The highest BCUT2D eigenvalue weighted by atomic mass is 19.4. The number of benzene rings is 1. The lowest BCUT2D eigenvalue weighted by atomic mass is 10.1. The molecule has 4 nitrogen and oxygen atoms in total. The topological polar surface area (TPSA) is 55.6 Å². The van der Waals surface area contributed by atoms with Gasteiger partial charge >= 0.3 is 12.1 Å². The second-order valence-corrected chi connectivity index (χ2v) is 4.97. The molecular weight excluding hydrogens is 285 g/mol. The van der Waals surface area contributed by atoms with E-state index in [0.717, 1.165) is 12.8 Å². The summed E-state index contributed by atoms with van der Waals surface area (Å²) in [7, 11) is 0. The van der Waals surface area contributed by atoms with Crippen LogP contribution in [0.25, 0.3) is 0 Å². The van der Waals surface area contributed by atoms with Gasteiger partial charge in [-0.1, -0.05) is 0 Å². The highest BCUT2D eigenvalue weighted by Crippen LogP contribution is 2.37. The number of nitrogens with zero attached hydrogens (tertiary/aromatic N) is 1. The zero-order chi connectivity index (χ0) is 15.6. The number of hydrogen-bond donors (Lipinski definition) is 1. The van der Waals surface area contributed by atoms with Gasteiger partial charge in [-0.25, -0.2) is 4.79 Å². The van der Waals surface area contributed by atoms with E-state index < -0.39 is 18.7 Å². The van der Waals surface area contributed by atoms with Crippen LogP contribution in [0.4, 0.5) is 24.5 Å². The van der Waals surface area contributed by atoms with Crippen molar-refractivity contribution in [2.45, 2.75) is 32.0 Å². The highest BCUT2D eigenvalue weighted by molar-refractivity contribution is 5.92. The molecule has 0 saturated heterocycles. The molecular formula is C14H17F3N2O2. The Kier molecular flexibility index (Phi) is 4.29. The maximum atomic E-state index is 12.7. The Bertz CT molecular complexity index is 527. The van der Waals surface area contributed by atoms with E-state index >= 15 is 0 Å². The molecule has 116 valence electrons. The van der Waals surface area contributed by atoms with E-state index in [1.54, 1.807) is 6.92 Å². The molecule has 0 spiro atoms. The fourth-order valence-corrected chi connectivity index (χ4v) is 2.15. The van der Waals surface area contributed by atoms with Gasteiger partial charge in [0.15, 0.2) is 0 Å². The molecule has 0 bridgehead atoms. The minimum absolute atomic E-state index is 0.137. The van der Waals surface area contributed by atoms with E-state index in [2.05, 4.69) is 0 Å². The number of nitrogens with two attached hydrogens (primary N) is 1. The lowest BCUT2D eigenvalue weighted by Gasteiger charge is -2.27. The Hall–Kier alpha value is -1.92. The van der Waals surface area contributed by atoms with Gasteiger partial charge in [-0.2, -0.15) is 13.2 Å². The summed E-state index contributed by atoms with van der Waals surface area (Å²) in [4.78, 5) is 12.8. The smallest absolute Gasteiger partial charge is 0.405 e. The fraction of sp³-hybridized carbons (Fsp3) is 0.500. The number of hydrogen-bond acceptors (Lipinski definition) is 4. The SMILES string of the molecule is CCOC(=O)c1ccc(N(CC(F)(F)F)C2CC2)c(N)c1. The largest absolute Gasteiger partial charge is 0.462 e. The molecule has 1 aliphatic rings. The Morgan fingerprint density at radius 3 is 2.57 bits per heavy atom. The molecule has 2 rings (SSSR count). The summed E-state index contributed by atoms with van der Waals surface area (Å²) >= 11 is 0. The molecule has 2 N–H and O–H groups in total. The van der Waals surface area contributed by atoms with Crippen LogP contribution in [0.5, 0.6) is 0 Å². The second kappa shape index (κ2) is 5.83. The van der Waals surface area contributed by atoms with Gasteiger partial charge < -0.3 is 15.4 Å². The third-order valence-electron chi connectivity index (χ3n) is 3.19. The molecule has 0 atom stereocenters. The first-order chi connectivity index (χ1) is 9.81. The first-order valence-electron chi connectivity index (χ1n) is 6.72. The predicted molar refractivity (Wildman–Crippen MR) is 73.2 cm³/mol. The number of anilines is 2. The molecule has 1 fully saturated rings. The fourth-order valence-electron chi connectivity index (χ4n) is 2.15. The van der Waals surface area contributed by atoms with Crippen LogP contribution in [-0.4, -0.2) is 31.3 Å². The molecule has 1 aromatic rings. The molecule has 1 aliphatic carbocycles. The molecule has 0 unspecified atom stereocenters. The summed E-state index contributed by atoms with van der Waals surface area (Å²) in [6, 6.07) is 4.11. The summed E-state index contributed by atoms with van der Waals surface area (Å²) in [5.74, 6) is -0.537. The normalized spacial score (nSPS) is 14.9. The number of carbonyl (C=O) groups excluding carboxylic acids is 1. The van der Waals surface area contributed by atoms with E-state index in [1.807, 2.05) is 0 Å². The van der Waals surface area contributed by atoms with Crippen LogP contribution in [0, 0.1) is 0 Å². The van der Waals surface area contributed by atoms with Gasteiger partial charge in [0.25, 0.3) is 0 Å². The number of nitrogen functional groups attached to an aromatic ring is 1. The Morgan fingerprint density at radius 1 is 1.43 bits per heavy atom. The molecule has 0 aromatic heterocycles. The van der Waals surface area contributed by atoms with Gasteiger partial charge in [0.05, 0.1) is 23.5 Å². The van der Waals surface area contributed by atoms with E-state index in [9.17, 15) is 18.0 Å². The van der Waals surface area contributed by atoms with Crippen LogP contribution >= 0.6 is 0 Å². The van der Waals surface area contributed by atoms with Crippen LogP contribution < -0.4 is 10.6 Å². The molecule has 0 aliphatic heterocycles. The molecule has 21 heavy (non-hydrogen) atoms. The van der Waals surface area contributed by atoms with Gasteiger partial charge in [-0.15, -0.1) is 0 Å². The number of alkyl halides is 3. The maximum absolute atomic E-state index is 12.7. The summed E-state index contributed by atoms with van der Waals surface area (Å²) in [5.41, 5.74) is 6.52. The number of carbonyl (C=O) groups is 1. The zero-order valence-electron chi connectivity index (χ0n) is 11.6. The van der Waals surface area contributed by atoms with Crippen molar-refractivity contribution in [3.05, 3.63) is 23.8 Å². The van der Waals surface area contributed by atoms with Crippen molar-refractivity contribution in [2.24, 2.45) is 0 Å². The van der Waals surface area contributed by atoms with Crippen LogP contribution in [0.2, 0.25) is 0 Å². The number of ether oxygens (including phenoxy) is 1. The molecule has 0 amide bonds. The monoisotopic (exact) mass is 302 g/mol. The Labute approximate surface area is 120 Å². The lowest BCUT2D eigenvalue weighted by Crippen LogP contribution is -2.36. The van der Waals surface area contributed by atoms with Crippen LogP contribution in [0.3, 0.4) is 0 Å². The summed E-state index contributed by atoms with van der Waals surface area (Å²) in [6.07, 6.45) is -2.86. The average molecular weight is 302 g/mol. The molecule has 1 saturated carbocycles. The van der Waals surface area contributed by atoms with Crippen molar-refractivity contribution < 1.29 is 22.7 Å². The van der Waals surface area contributed by atoms with Crippen molar-refractivity contribution in [1.29, 1.82) is 0 Å². The van der Waals surface area contributed by atoms with Gasteiger partial charge in [0.2, 0.25) is 0 Å². The summed E-state index contributed by atoms with van der Waals surface area (Å²) < 4.78 is 42.8. The van der Waals surface area contributed by atoms with E-state index in [0.29, 0.717) is 5.69 Å². The third kappa shape index (κ3) is 4.03. The van der Waals surface area contributed by atoms with Crippen molar-refractivity contribution >= 4 is 17.3 Å². The number of halogens is 3. The Morgan fingerprint density at radius 2 is 2.10 bits per heavy atom. The molecule has 1 aromatic carbocycles. The van der Waals surface area contributed by atoms with Crippen molar-refractivity contribution in [1.82, 2.24) is 0 Å². The van der Waals surface area contributed by atoms with Gasteiger partial charge in [-0.3, -0.25) is 0 Å². The van der Waals surface area contributed by atoms with Crippen LogP contribution in [0.1, 0.15) is 30.1 Å². The van der Waals surface area contributed by atoms with Crippen LogP contribution in [-0.2, 0) is 4.74 Å². The van der Waals surface area contributed by atoms with Crippen LogP contribution in [0.15, 0.2) is 18.2 Å². The van der Waals surface area contributed by atoms with Gasteiger partial charge in [0, 0.05) is 6.04 Å².